The minimum Gasteiger partial charge on any atom is -0.383 e. The second-order valence-electron chi connectivity index (χ2n) is 8.38. The Morgan fingerprint density at radius 2 is 1.89 bits per heavy atom. The molecule has 5 N–H and O–H groups in total. The molecule has 1 saturated heterocycles. The molecule has 9 heteroatoms. The number of nitrogens with one attached hydrogen (secondary N) is 3. The number of amides is 2. The molecule has 1 heterocycles. The van der Waals surface area contributed by atoms with Crippen molar-refractivity contribution in [2.45, 2.75) is 39.5 Å². The number of amidine groups is 1. The van der Waals surface area contributed by atoms with Gasteiger partial charge in [-0.15, -0.1) is 0 Å². The molecule has 0 aromatic heterocycles. The average Bonchev–Trinajstić information content (AvgIpc) is 3.36. The van der Waals surface area contributed by atoms with Crippen molar-refractivity contribution in [1.29, 1.82) is 5.41 Å². The number of halogens is 1. The maximum atomic E-state index is 13.0. The quantitative estimate of drug-likeness (QED) is 0.139. The first-order chi connectivity index (χ1) is 16.9. The van der Waals surface area contributed by atoms with Gasteiger partial charge >= 0.3 is 0 Å². The van der Waals surface area contributed by atoms with Crippen LogP contribution in [0.3, 0.4) is 0 Å². The summed E-state index contributed by atoms with van der Waals surface area (Å²) in [5.41, 5.74) is 7.88. The number of hydrogen-bond donors (Lipinski definition) is 4. The number of carbonyl (C=O) groups excluding carboxylic acids is 2. The van der Waals surface area contributed by atoms with Crippen LogP contribution in [0.5, 0.6) is 0 Å². The monoisotopic (exact) mass is 487 g/mol. The molecule has 1 aromatic carbocycles. The zero-order valence-corrected chi connectivity index (χ0v) is 20.6. The maximum Gasteiger partial charge on any atom is 0.207 e. The Kier molecular flexibility index (Phi) is 15.3. The van der Waals surface area contributed by atoms with Crippen molar-refractivity contribution in [2.75, 3.05) is 26.3 Å². The second kappa shape index (κ2) is 18.1. The fourth-order valence-electron chi connectivity index (χ4n) is 3.28. The van der Waals surface area contributed by atoms with E-state index < -0.39 is 0 Å². The van der Waals surface area contributed by atoms with Crippen LogP contribution in [0.25, 0.3) is 0 Å². The topological polar surface area (TPSA) is 130 Å². The first-order valence-electron chi connectivity index (χ1n) is 11.9. The summed E-state index contributed by atoms with van der Waals surface area (Å²) in [5, 5.41) is 13.0. The number of nitrogens with two attached hydrogens (primary N) is 1. The summed E-state index contributed by atoms with van der Waals surface area (Å²) >= 11 is 0. The normalized spacial score (nSPS) is 16.1. The van der Waals surface area contributed by atoms with E-state index in [9.17, 15) is 14.0 Å². The lowest BCUT2D eigenvalue weighted by Crippen LogP contribution is -2.25. The van der Waals surface area contributed by atoms with Crippen molar-refractivity contribution in [3.63, 3.8) is 0 Å². The molecule has 0 saturated carbocycles. The average molecular weight is 488 g/mol. The van der Waals surface area contributed by atoms with E-state index in [1.165, 1.54) is 25.0 Å². The Morgan fingerprint density at radius 3 is 2.43 bits per heavy atom. The Hall–Kier alpha value is -3.33. The number of unbranched alkanes of at least 4 members (excludes halogenated alkanes) is 1. The predicted molar refractivity (Wildman–Crippen MR) is 138 cm³/mol. The Morgan fingerprint density at radius 1 is 1.23 bits per heavy atom. The van der Waals surface area contributed by atoms with Crippen molar-refractivity contribution < 1.29 is 18.7 Å². The lowest BCUT2D eigenvalue weighted by Gasteiger charge is -2.11. The van der Waals surface area contributed by atoms with Gasteiger partial charge in [-0.25, -0.2) is 9.38 Å². The summed E-state index contributed by atoms with van der Waals surface area (Å²) in [6.07, 6.45) is 11.1. The maximum absolute atomic E-state index is 13.0. The highest BCUT2D eigenvalue weighted by atomic mass is 19.1. The van der Waals surface area contributed by atoms with Gasteiger partial charge in [0.2, 0.25) is 12.8 Å². The third-order valence-corrected chi connectivity index (χ3v) is 5.28. The predicted octanol–water partition coefficient (Wildman–Crippen LogP) is 3.33. The number of nitrogens with zero attached hydrogens (tertiary/aromatic N) is 1. The van der Waals surface area contributed by atoms with Crippen molar-refractivity contribution in [3.8, 4) is 0 Å². The molecule has 0 spiro atoms. The SMILES string of the molecule is CC(C)C(=C/C(=N)c1ccc(F)cc1)/C(N)=N/C=C/CCCC1CCOC1.O=CNCCNC=O. The van der Waals surface area contributed by atoms with Crippen molar-refractivity contribution in [3.05, 3.63) is 59.6 Å². The van der Waals surface area contributed by atoms with Crippen LogP contribution in [0.1, 0.15) is 45.1 Å². The number of aliphatic imine (C=N–C) groups is 1. The Bertz CT molecular complexity index is 850. The molecule has 0 aliphatic carbocycles. The zero-order chi connectivity index (χ0) is 25.9. The number of ether oxygens (including phenoxy) is 1. The fourth-order valence-corrected chi connectivity index (χ4v) is 3.28. The highest BCUT2D eigenvalue weighted by Crippen LogP contribution is 2.19. The van der Waals surface area contributed by atoms with Gasteiger partial charge in [0.1, 0.15) is 11.7 Å². The molecule has 192 valence electrons. The molecule has 2 rings (SSSR count). The molecule has 8 nitrogen and oxygen atoms in total. The molecule has 0 bridgehead atoms. The van der Waals surface area contributed by atoms with E-state index in [0.29, 0.717) is 48.9 Å². The first-order valence-corrected chi connectivity index (χ1v) is 11.9. The van der Waals surface area contributed by atoms with E-state index in [1.54, 1.807) is 24.4 Å². The van der Waals surface area contributed by atoms with Gasteiger partial charge in [-0.3, -0.25) is 9.59 Å². The first kappa shape index (κ1) is 29.7. The summed E-state index contributed by atoms with van der Waals surface area (Å²) in [6, 6.07) is 5.89. The summed E-state index contributed by atoms with van der Waals surface area (Å²) < 4.78 is 18.4. The number of hydrogen-bond acceptors (Lipinski definition) is 5. The van der Waals surface area contributed by atoms with Gasteiger partial charge in [0.15, 0.2) is 0 Å². The molecular weight excluding hydrogens is 449 g/mol. The standard InChI is InChI=1S/C22H30FN3O.C4H8N2O2/c1-16(2)20(14-21(24)18-7-9-19(23)10-8-18)22(25)26-12-5-3-4-6-17-11-13-27-15-17;7-3-5-1-2-6-4-8/h5,7-10,12,14,16-17,24H,3-4,6,11,13,15H2,1-2H3,(H2,25,26);3-4H,1-2H2,(H,5,7)(H,6,8)/b12-5+,20-14-,24-21?;. The minimum absolute atomic E-state index is 0.130. The zero-order valence-electron chi connectivity index (χ0n) is 20.6. The molecule has 1 aromatic rings. The molecule has 1 aliphatic heterocycles. The van der Waals surface area contributed by atoms with Crippen LogP contribution in [0.4, 0.5) is 4.39 Å². The highest BCUT2D eigenvalue weighted by Gasteiger charge is 2.14. The van der Waals surface area contributed by atoms with Gasteiger partial charge in [-0.05, 0) is 79.0 Å². The fraction of sp³-hybridized carbons (Fsp3) is 0.462. The summed E-state index contributed by atoms with van der Waals surface area (Å²) in [5.74, 6) is 0.939. The highest BCUT2D eigenvalue weighted by molar-refractivity contribution is 6.12. The lowest BCUT2D eigenvalue weighted by atomic mass is 9.98. The molecule has 35 heavy (non-hydrogen) atoms. The van der Waals surface area contributed by atoms with Crippen LogP contribution < -0.4 is 16.4 Å². The summed E-state index contributed by atoms with van der Waals surface area (Å²) in [4.78, 5) is 23.4. The van der Waals surface area contributed by atoms with Crippen LogP contribution in [0.2, 0.25) is 0 Å². The van der Waals surface area contributed by atoms with E-state index in [2.05, 4.69) is 15.6 Å². The van der Waals surface area contributed by atoms with E-state index in [0.717, 1.165) is 31.6 Å². The Labute approximate surface area is 207 Å². The number of benzene rings is 1. The van der Waals surface area contributed by atoms with Gasteiger partial charge in [-0.2, -0.15) is 0 Å². The van der Waals surface area contributed by atoms with Gasteiger partial charge in [-0.1, -0.05) is 19.9 Å². The van der Waals surface area contributed by atoms with E-state index in [-0.39, 0.29) is 11.7 Å². The largest absolute Gasteiger partial charge is 0.383 e. The number of allylic oxidation sites excluding steroid dienone is 2. The van der Waals surface area contributed by atoms with Crippen LogP contribution >= 0.6 is 0 Å². The minimum atomic E-state index is -0.314. The van der Waals surface area contributed by atoms with Crippen LogP contribution in [-0.4, -0.2) is 50.7 Å². The van der Waals surface area contributed by atoms with Gasteiger partial charge in [0.05, 0.1) is 5.71 Å². The van der Waals surface area contributed by atoms with Crippen LogP contribution in [0.15, 0.2) is 53.2 Å². The summed E-state index contributed by atoms with van der Waals surface area (Å²) in [7, 11) is 0. The van der Waals surface area contributed by atoms with E-state index in [4.69, 9.17) is 15.9 Å². The third kappa shape index (κ3) is 13.2. The van der Waals surface area contributed by atoms with E-state index >= 15 is 0 Å². The van der Waals surface area contributed by atoms with Crippen LogP contribution in [0, 0.1) is 23.1 Å². The molecular formula is C26H38FN5O3. The van der Waals surface area contributed by atoms with Crippen LogP contribution in [-0.2, 0) is 14.3 Å². The van der Waals surface area contributed by atoms with Gasteiger partial charge in [0, 0.05) is 32.5 Å². The Balaban J connectivity index is 0.000000658. The smallest absolute Gasteiger partial charge is 0.207 e. The molecule has 1 aliphatic rings. The van der Waals surface area contributed by atoms with E-state index in [1.807, 2.05) is 19.9 Å². The molecule has 0 radical (unpaired) electrons. The number of rotatable bonds is 14. The van der Waals surface area contributed by atoms with Gasteiger partial charge < -0.3 is 26.5 Å². The number of carbonyl (C=O) groups is 2. The summed E-state index contributed by atoms with van der Waals surface area (Å²) in [6.45, 7) is 6.81. The van der Waals surface area contributed by atoms with Crippen molar-refractivity contribution >= 4 is 24.4 Å². The molecule has 1 atom stereocenters. The van der Waals surface area contributed by atoms with Crippen molar-refractivity contribution in [1.82, 2.24) is 10.6 Å². The molecule has 1 fully saturated rings. The lowest BCUT2D eigenvalue weighted by molar-refractivity contribution is -0.111. The molecule has 1 unspecified atom stereocenters. The molecule has 2 amide bonds. The second-order valence-corrected chi connectivity index (χ2v) is 8.38. The van der Waals surface area contributed by atoms with Gasteiger partial charge in [0.25, 0.3) is 0 Å². The van der Waals surface area contributed by atoms with Crippen molar-refractivity contribution in [2.24, 2.45) is 22.6 Å². The third-order valence-electron chi connectivity index (χ3n) is 5.28.